The van der Waals surface area contributed by atoms with E-state index in [1.54, 1.807) is 12.1 Å². The van der Waals surface area contributed by atoms with Crippen molar-refractivity contribution in [2.75, 3.05) is 13.1 Å². The van der Waals surface area contributed by atoms with Crippen LogP contribution < -0.4 is 5.14 Å². The molecular formula is C19H26N4O3S. The minimum atomic E-state index is -3.73. The van der Waals surface area contributed by atoms with Crippen molar-refractivity contribution >= 4 is 10.0 Å². The number of primary sulfonamides is 1. The van der Waals surface area contributed by atoms with E-state index >= 15 is 0 Å². The molecule has 0 radical (unpaired) electrons. The van der Waals surface area contributed by atoms with Gasteiger partial charge < -0.3 is 4.52 Å². The second-order valence-electron chi connectivity index (χ2n) is 8.18. The summed E-state index contributed by atoms with van der Waals surface area (Å²) >= 11 is 0. The molecule has 0 spiro atoms. The van der Waals surface area contributed by atoms with Crippen LogP contribution in [0.1, 0.15) is 56.3 Å². The predicted molar refractivity (Wildman–Crippen MR) is 100 cm³/mol. The lowest BCUT2D eigenvalue weighted by atomic mass is 9.80. The fourth-order valence-corrected chi connectivity index (χ4v) is 5.45. The van der Waals surface area contributed by atoms with Gasteiger partial charge in [-0.1, -0.05) is 43.6 Å². The average Bonchev–Trinajstić information content (AvgIpc) is 3.27. The molecule has 0 amide bonds. The summed E-state index contributed by atoms with van der Waals surface area (Å²) in [5.74, 6) is 2.19. The minimum absolute atomic E-state index is 0.114. The average molecular weight is 391 g/mol. The van der Waals surface area contributed by atoms with Crippen LogP contribution in [0.3, 0.4) is 0 Å². The Balaban J connectivity index is 1.60. The van der Waals surface area contributed by atoms with Gasteiger partial charge in [-0.25, -0.2) is 13.6 Å². The first-order valence-corrected chi connectivity index (χ1v) is 11.0. The lowest BCUT2D eigenvalue weighted by Gasteiger charge is -2.24. The lowest BCUT2D eigenvalue weighted by molar-refractivity contribution is 0.244. The number of nitrogens with zero attached hydrogens (tertiary/aromatic N) is 3. The number of hydrogen-bond donors (Lipinski definition) is 1. The van der Waals surface area contributed by atoms with Crippen LogP contribution in [0.5, 0.6) is 0 Å². The molecule has 1 aliphatic heterocycles. The zero-order valence-corrected chi connectivity index (χ0v) is 16.6. The number of aromatic nitrogens is 2. The highest BCUT2D eigenvalue weighted by Crippen LogP contribution is 2.50. The molecule has 2 aromatic rings. The van der Waals surface area contributed by atoms with Crippen molar-refractivity contribution in [3.63, 3.8) is 0 Å². The van der Waals surface area contributed by atoms with Gasteiger partial charge in [0.1, 0.15) is 0 Å². The number of benzene rings is 1. The summed E-state index contributed by atoms with van der Waals surface area (Å²) in [5.41, 5.74) is 0.625. The van der Waals surface area contributed by atoms with E-state index in [0.29, 0.717) is 12.5 Å². The van der Waals surface area contributed by atoms with Gasteiger partial charge in [0.05, 0.1) is 10.3 Å². The fraction of sp³-hybridized carbons (Fsp3) is 0.579. The van der Waals surface area contributed by atoms with Crippen molar-refractivity contribution in [2.45, 2.75) is 55.9 Å². The highest BCUT2D eigenvalue weighted by Gasteiger charge is 2.54. The van der Waals surface area contributed by atoms with Gasteiger partial charge in [0.15, 0.2) is 5.82 Å². The van der Waals surface area contributed by atoms with Crippen molar-refractivity contribution in [3.8, 4) is 0 Å². The Labute approximate surface area is 160 Å². The van der Waals surface area contributed by atoms with Crippen LogP contribution in [0.2, 0.25) is 0 Å². The molecule has 0 bridgehead atoms. The topological polar surface area (TPSA) is 102 Å². The van der Waals surface area contributed by atoms with Gasteiger partial charge in [0.2, 0.25) is 15.9 Å². The Bertz CT molecular complexity index is 940. The predicted octanol–water partition coefficient (Wildman–Crippen LogP) is 2.39. The third-order valence-electron chi connectivity index (χ3n) is 6.00. The van der Waals surface area contributed by atoms with Gasteiger partial charge >= 0.3 is 0 Å². The molecule has 4 rings (SSSR count). The van der Waals surface area contributed by atoms with E-state index in [0.717, 1.165) is 49.6 Å². The van der Waals surface area contributed by atoms with E-state index in [4.69, 9.17) is 14.6 Å². The van der Waals surface area contributed by atoms with Gasteiger partial charge in [0.25, 0.3) is 0 Å². The number of sulfonamides is 1. The van der Waals surface area contributed by atoms with Crippen LogP contribution in [0.15, 0.2) is 33.7 Å². The molecule has 1 aliphatic carbocycles. The lowest BCUT2D eigenvalue weighted by Crippen LogP contribution is -2.32. The summed E-state index contributed by atoms with van der Waals surface area (Å²) in [6.07, 6.45) is 3.32. The zero-order valence-electron chi connectivity index (χ0n) is 15.8. The largest absolute Gasteiger partial charge is 0.339 e. The van der Waals surface area contributed by atoms with Gasteiger partial charge in [-0.05, 0) is 30.4 Å². The smallest absolute Gasteiger partial charge is 0.238 e. The molecule has 1 saturated carbocycles. The first-order valence-electron chi connectivity index (χ1n) is 9.47. The maximum atomic E-state index is 11.9. The standard InChI is InChI=1S/C19H26N4O3S/c1-13(2)17-21-18(26-22-17)19-9-5-7-15(19)11-23(12-19)10-14-6-3-4-8-16(14)27(20,24)25/h3-4,6,8,13,15H,5,7,9-12H2,1-2H3,(H2,20,24,25)/t15-,19-/m1/s1. The second-order valence-corrected chi connectivity index (χ2v) is 9.71. The number of likely N-dealkylation sites (tertiary alicyclic amines) is 1. The summed E-state index contributed by atoms with van der Waals surface area (Å²) < 4.78 is 29.5. The van der Waals surface area contributed by atoms with E-state index in [9.17, 15) is 8.42 Å². The highest BCUT2D eigenvalue weighted by atomic mass is 32.2. The van der Waals surface area contributed by atoms with Crippen LogP contribution in [0, 0.1) is 5.92 Å². The Morgan fingerprint density at radius 1 is 1.37 bits per heavy atom. The molecule has 27 heavy (non-hydrogen) atoms. The Hall–Kier alpha value is -1.77. The minimum Gasteiger partial charge on any atom is -0.339 e. The number of fused-ring (bicyclic) bond motifs is 1. The Morgan fingerprint density at radius 2 is 2.15 bits per heavy atom. The molecule has 2 fully saturated rings. The van der Waals surface area contributed by atoms with E-state index < -0.39 is 10.0 Å². The first-order chi connectivity index (χ1) is 12.8. The maximum Gasteiger partial charge on any atom is 0.238 e. The number of hydrogen-bond acceptors (Lipinski definition) is 6. The summed E-state index contributed by atoms with van der Waals surface area (Å²) in [7, 11) is -3.73. The van der Waals surface area contributed by atoms with E-state index in [-0.39, 0.29) is 16.2 Å². The molecule has 146 valence electrons. The van der Waals surface area contributed by atoms with Gasteiger partial charge in [-0.2, -0.15) is 4.98 Å². The quantitative estimate of drug-likeness (QED) is 0.841. The maximum absolute atomic E-state index is 11.9. The number of rotatable bonds is 5. The Morgan fingerprint density at radius 3 is 2.85 bits per heavy atom. The molecule has 1 saturated heterocycles. The summed E-state index contributed by atoms with van der Waals surface area (Å²) in [6, 6.07) is 6.97. The van der Waals surface area contributed by atoms with Crippen molar-refractivity contribution in [2.24, 2.45) is 11.1 Å². The Kier molecular flexibility index (Phi) is 4.60. The third kappa shape index (κ3) is 3.30. The molecule has 2 atom stereocenters. The van der Waals surface area contributed by atoms with Crippen molar-refractivity contribution < 1.29 is 12.9 Å². The summed E-state index contributed by atoms with van der Waals surface area (Å²) in [6.45, 7) is 6.37. The summed E-state index contributed by atoms with van der Waals surface area (Å²) in [4.78, 5) is 7.21. The van der Waals surface area contributed by atoms with Gasteiger partial charge in [-0.3, -0.25) is 4.90 Å². The normalized spacial score (nSPS) is 26.0. The van der Waals surface area contributed by atoms with Crippen molar-refractivity contribution in [1.82, 2.24) is 15.0 Å². The number of nitrogens with two attached hydrogens (primary N) is 1. The van der Waals surface area contributed by atoms with Crippen LogP contribution in [-0.2, 0) is 22.0 Å². The zero-order chi connectivity index (χ0) is 19.2. The molecule has 2 heterocycles. The van der Waals surface area contributed by atoms with Crippen molar-refractivity contribution in [3.05, 3.63) is 41.5 Å². The molecule has 7 nitrogen and oxygen atoms in total. The SMILES string of the molecule is CC(C)c1noc([C@@]23CCC[C@@H]2CN(Cc2ccccc2S(N)(=O)=O)C3)n1. The summed E-state index contributed by atoms with van der Waals surface area (Å²) in [5, 5.41) is 9.56. The molecule has 2 aliphatic rings. The molecule has 1 aromatic heterocycles. The fourth-order valence-electron chi connectivity index (χ4n) is 4.69. The molecule has 8 heteroatoms. The molecule has 1 aromatic carbocycles. The molecular weight excluding hydrogens is 364 g/mol. The van der Waals surface area contributed by atoms with Crippen molar-refractivity contribution in [1.29, 1.82) is 0 Å². The molecule has 0 unspecified atom stereocenters. The monoisotopic (exact) mass is 390 g/mol. The van der Waals surface area contributed by atoms with Crippen LogP contribution in [0.4, 0.5) is 0 Å². The second kappa shape index (κ2) is 6.68. The van der Waals surface area contributed by atoms with Gasteiger partial charge in [0, 0.05) is 25.6 Å². The van der Waals surface area contributed by atoms with E-state index in [2.05, 4.69) is 23.9 Å². The molecule has 2 N–H and O–H groups in total. The third-order valence-corrected chi connectivity index (χ3v) is 7.01. The highest BCUT2D eigenvalue weighted by molar-refractivity contribution is 7.89. The van der Waals surface area contributed by atoms with Crippen LogP contribution in [-0.4, -0.2) is 36.5 Å². The first kappa shape index (κ1) is 18.6. The van der Waals surface area contributed by atoms with Gasteiger partial charge in [-0.15, -0.1) is 0 Å². The van der Waals surface area contributed by atoms with Crippen LogP contribution >= 0.6 is 0 Å². The van der Waals surface area contributed by atoms with E-state index in [1.807, 2.05) is 12.1 Å². The van der Waals surface area contributed by atoms with E-state index in [1.165, 1.54) is 0 Å². The van der Waals surface area contributed by atoms with Crippen LogP contribution in [0.25, 0.3) is 0 Å².